The fraction of sp³-hybridized carbons (Fsp3) is 0.600. The number of amides is 3. The summed E-state index contributed by atoms with van der Waals surface area (Å²) in [5.41, 5.74) is -0.710. The maximum absolute atomic E-state index is 12.9. The molecule has 164 valence electrons. The lowest BCUT2D eigenvalue weighted by molar-refractivity contribution is -0.140. The number of alkyl halides is 3. The minimum absolute atomic E-state index is 0.0466. The van der Waals surface area contributed by atoms with Crippen molar-refractivity contribution in [3.8, 4) is 5.75 Å². The molecule has 2 atom stereocenters. The Labute approximate surface area is 172 Å². The number of piperidine rings is 2. The van der Waals surface area contributed by atoms with E-state index >= 15 is 0 Å². The Morgan fingerprint density at radius 1 is 1.07 bits per heavy atom. The van der Waals surface area contributed by atoms with E-state index in [1.54, 1.807) is 9.80 Å². The zero-order valence-electron chi connectivity index (χ0n) is 16.4. The van der Waals surface area contributed by atoms with Crippen LogP contribution in [0, 0.1) is 0 Å². The van der Waals surface area contributed by atoms with Crippen molar-refractivity contribution >= 4 is 11.9 Å². The summed E-state index contributed by atoms with van der Waals surface area (Å²) in [6, 6.07) is 4.41. The minimum Gasteiger partial charge on any atom is -0.490 e. The second-order valence-electron chi connectivity index (χ2n) is 7.87. The van der Waals surface area contributed by atoms with Gasteiger partial charge in [-0.2, -0.15) is 13.2 Å². The predicted octanol–water partition coefficient (Wildman–Crippen LogP) is 2.26. The number of halogens is 3. The Morgan fingerprint density at radius 3 is 2.40 bits per heavy atom. The van der Waals surface area contributed by atoms with Gasteiger partial charge in [-0.05, 0) is 30.7 Å². The van der Waals surface area contributed by atoms with Gasteiger partial charge < -0.3 is 24.6 Å². The molecule has 4 rings (SSSR count). The molecular weight excluding hydrogens is 403 g/mol. The summed E-state index contributed by atoms with van der Waals surface area (Å²) in [6.07, 6.45) is -2.67. The van der Waals surface area contributed by atoms with Gasteiger partial charge in [0.2, 0.25) is 5.91 Å². The van der Waals surface area contributed by atoms with Gasteiger partial charge in [0.25, 0.3) is 0 Å². The van der Waals surface area contributed by atoms with Crippen LogP contribution in [0.2, 0.25) is 0 Å². The van der Waals surface area contributed by atoms with Gasteiger partial charge in [0, 0.05) is 39.0 Å². The summed E-state index contributed by atoms with van der Waals surface area (Å²) < 4.78 is 49.3. The van der Waals surface area contributed by atoms with Crippen LogP contribution in [0.5, 0.6) is 5.75 Å². The molecule has 3 amide bonds. The average Bonchev–Trinajstić information content (AvgIpc) is 2.73. The first-order chi connectivity index (χ1) is 14.3. The highest BCUT2D eigenvalue weighted by molar-refractivity contribution is 5.79. The average molecular weight is 427 g/mol. The number of hydrogen-bond donors (Lipinski definition) is 1. The van der Waals surface area contributed by atoms with Gasteiger partial charge in [-0.15, -0.1) is 0 Å². The lowest BCUT2D eigenvalue weighted by Gasteiger charge is -2.43. The van der Waals surface area contributed by atoms with E-state index in [1.807, 2.05) is 0 Å². The SMILES string of the molecule is O=C1COC2CCN(C(=O)N3CCC(Oc4ccc(C(F)(F)F)cc4)CC3)CC2N1. The van der Waals surface area contributed by atoms with Gasteiger partial charge in [-0.3, -0.25) is 4.79 Å². The van der Waals surface area contributed by atoms with Crippen molar-refractivity contribution in [3.63, 3.8) is 0 Å². The number of likely N-dealkylation sites (tertiary alicyclic amines) is 2. The van der Waals surface area contributed by atoms with Gasteiger partial charge in [0.1, 0.15) is 18.5 Å². The molecule has 0 aliphatic carbocycles. The maximum atomic E-state index is 12.9. The number of carbonyl (C=O) groups excluding carboxylic acids is 2. The smallest absolute Gasteiger partial charge is 0.416 e. The third kappa shape index (κ3) is 4.63. The van der Waals surface area contributed by atoms with Crippen molar-refractivity contribution < 1.29 is 32.2 Å². The predicted molar refractivity (Wildman–Crippen MR) is 99.9 cm³/mol. The van der Waals surface area contributed by atoms with Crippen LogP contribution in [-0.2, 0) is 15.7 Å². The van der Waals surface area contributed by atoms with E-state index in [0.717, 1.165) is 12.1 Å². The summed E-state index contributed by atoms with van der Waals surface area (Å²) in [5.74, 6) is 0.231. The highest BCUT2D eigenvalue weighted by Crippen LogP contribution is 2.31. The van der Waals surface area contributed by atoms with Crippen LogP contribution in [-0.4, -0.2) is 72.8 Å². The van der Waals surface area contributed by atoms with E-state index in [1.165, 1.54) is 12.1 Å². The number of urea groups is 1. The van der Waals surface area contributed by atoms with Gasteiger partial charge in [-0.1, -0.05) is 0 Å². The second-order valence-corrected chi connectivity index (χ2v) is 7.87. The molecule has 10 heteroatoms. The van der Waals surface area contributed by atoms with Crippen molar-refractivity contribution in [2.24, 2.45) is 0 Å². The molecule has 3 fully saturated rings. The Morgan fingerprint density at radius 2 is 1.73 bits per heavy atom. The highest BCUT2D eigenvalue weighted by Gasteiger charge is 2.38. The minimum atomic E-state index is -4.37. The number of benzene rings is 1. The van der Waals surface area contributed by atoms with Gasteiger partial charge in [0.15, 0.2) is 0 Å². The summed E-state index contributed by atoms with van der Waals surface area (Å²) in [6.45, 7) is 2.10. The molecule has 3 aliphatic rings. The molecule has 1 aromatic rings. The van der Waals surface area contributed by atoms with E-state index in [0.29, 0.717) is 51.2 Å². The zero-order valence-corrected chi connectivity index (χ0v) is 16.4. The maximum Gasteiger partial charge on any atom is 0.416 e. The Balaban J connectivity index is 1.26. The molecule has 1 N–H and O–H groups in total. The lowest BCUT2D eigenvalue weighted by Crippen LogP contribution is -2.62. The first-order valence-electron chi connectivity index (χ1n) is 10.1. The van der Waals surface area contributed by atoms with Crippen LogP contribution in [0.3, 0.4) is 0 Å². The van der Waals surface area contributed by atoms with Crippen molar-refractivity contribution in [1.82, 2.24) is 15.1 Å². The molecule has 0 saturated carbocycles. The molecule has 3 aliphatic heterocycles. The van der Waals surface area contributed by atoms with Crippen LogP contribution in [0.15, 0.2) is 24.3 Å². The van der Waals surface area contributed by atoms with E-state index < -0.39 is 11.7 Å². The Kier molecular flexibility index (Phi) is 5.77. The van der Waals surface area contributed by atoms with Crippen molar-refractivity contribution in [1.29, 1.82) is 0 Å². The third-order valence-corrected chi connectivity index (χ3v) is 5.79. The summed E-state index contributed by atoms with van der Waals surface area (Å²) in [7, 11) is 0. The molecule has 1 aromatic carbocycles. The van der Waals surface area contributed by atoms with Crippen LogP contribution >= 0.6 is 0 Å². The normalized spacial score (nSPS) is 25.5. The Bertz CT molecular complexity index is 778. The highest BCUT2D eigenvalue weighted by atomic mass is 19.4. The number of fused-ring (bicyclic) bond motifs is 1. The number of nitrogens with zero attached hydrogens (tertiary/aromatic N) is 2. The third-order valence-electron chi connectivity index (χ3n) is 5.79. The lowest BCUT2D eigenvalue weighted by atomic mass is 10.0. The number of carbonyl (C=O) groups is 2. The number of hydrogen-bond acceptors (Lipinski definition) is 4. The van der Waals surface area contributed by atoms with E-state index in [9.17, 15) is 22.8 Å². The molecule has 30 heavy (non-hydrogen) atoms. The quantitative estimate of drug-likeness (QED) is 0.786. The first kappa shape index (κ1) is 20.8. The molecule has 3 heterocycles. The molecule has 0 radical (unpaired) electrons. The standard InChI is InChI=1S/C20H24F3N3O4/c21-20(22,23)13-1-3-14(4-2-13)30-15-5-8-25(9-6-15)19(28)26-10-7-17-16(11-26)24-18(27)12-29-17/h1-4,15-17H,5-12H2,(H,24,27). The van der Waals surface area contributed by atoms with Crippen molar-refractivity contribution in [2.45, 2.75) is 43.7 Å². The van der Waals surface area contributed by atoms with Crippen LogP contribution < -0.4 is 10.1 Å². The molecular formula is C20H24F3N3O4. The fourth-order valence-electron chi connectivity index (χ4n) is 4.15. The first-order valence-corrected chi connectivity index (χ1v) is 10.1. The fourth-order valence-corrected chi connectivity index (χ4v) is 4.15. The van der Waals surface area contributed by atoms with Crippen molar-refractivity contribution in [3.05, 3.63) is 29.8 Å². The van der Waals surface area contributed by atoms with Gasteiger partial charge in [-0.25, -0.2) is 4.79 Å². The van der Waals surface area contributed by atoms with Crippen LogP contribution in [0.4, 0.5) is 18.0 Å². The molecule has 2 unspecified atom stereocenters. The van der Waals surface area contributed by atoms with Crippen molar-refractivity contribution in [2.75, 3.05) is 32.8 Å². The summed E-state index contributed by atoms with van der Waals surface area (Å²) >= 11 is 0. The number of rotatable bonds is 2. The molecule has 7 nitrogen and oxygen atoms in total. The summed E-state index contributed by atoms with van der Waals surface area (Å²) in [4.78, 5) is 27.9. The Hall–Kier alpha value is -2.49. The largest absolute Gasteiger partial charge is 0.490 e. The molecule has 0 spiro atoms. The van der Waals surface area contributed by atoms with Gasteiger partial charge >= 0.3 is 12.2 Å². The van der Waals surface area contributed by atoms with E-state index in [-0.39, 0.29) is 36.8 Å². The van der Waals surface area contributed by atoms with E-state index in [4.69, 9.17) is 9.47 Å². The van der Waals surface area contributed by atoms with Crippen LogP contribution in [0.1, 0.15) is 24.8 Å². The molecule has 0 bridgehead atoms. The monoisotopic (exact) mass is 427 g/mol. The number of nitrogens with one attached hydrogen (secondary N) is 1. The van der Waals surface area contributed by atoms with Crippen LogP contribution in [0.25, 0.3) is 0 Å². The topological polar surface area (TPSA) is 71.1 Å². The second kappa shape index (κ2) is 8.33. The number of morpholine rings is 1. The summed E-state index contributed by atoms with van der Waals surface area (Å²) in [5, 5.41) is 2.89. The molecule has 3 saturated heterocycles. The van der Waals surface area contributed by atoms with E-state index in [2.05, 4.69) is 5.32 Å². The molecule has 0 aromatic heterocycles. The van der Waals surface area contributed by atoms with Gasteiger partial charge in [0.05, 0.1) is 17.7 Å². The number of ether oxygens (including phenoxy) is 2. The zero-order chi connectivity index (χ0) is 21.3.